The summed E-state index contributed by atoms with van der Waals surface area (Å²) >= 11 is 0. The third-order valence-corrected chi connectivity index (χ3v) is 4.84. The Balaban J connectivity index is 2.47. The summed E-state index contributed by atoms with van der Waals surface area (Å²) in [4.78, 5) is 2.47. The number of nitrogens with zero attached hydrogens (tertiary/aromatic N) is 1. The number of hydrogen-bond acceptors (Lipinski definition) is 4. The van der Waals surface area contributed by atoms with E-state index in [4.69, 9.17) is 15.2 Å². The third-order valence-electron chi connectivity index (χ3n) is 4.84. The summed E-state index contributed by atoms with van der Waals surface area (Å²) in [6.45, 7) is 7.10. The maximum atomic E-state index is 6.08. The van der Waals surface area contributed by atoms with Gasteiger partial charge in [-0.1, -0.05) is 39.0 Å². The van der Waals surface area contributed by atoms with Crippen molar-refractivity contribution in [1.29, 1.82) is 0 Å². The molecule has 4 heteroatoms. The number of nitrogens with two attached hydrogens (primary N) is 1. The van der Waals surface area contributed by atoms with E-state index >= 15 is 0 Å². The highest BCUT2D eigenvalue weighted by molar-refractivity contribution is 4.96. The third kappa shape index (κ3) is 4.69. The number of rotatable bonds is 10. The minimum atomic E-state index is 0.0796. The zero-order valence-corrected chi connectivity index (χ0v) is 13.9. The fourth-order valence-electron chi connectivity index (χ4n) is 3.14. The van der Waals surface area contributed by atoms with Gasteiger partial charge in [-0.25, -0.2) is 0 Å². The molecule has 0 aromatic carbocycles. The molecule has 0 aliphatic carbocycles. The Kier molecular flexibility index (Phi) is 8.03. The van der Waals surface area contributed by atoms with Gasteiger partial charge in [0.15, 0.2) is 0 Å². The maximum absolute atomic E-state index is 6.08. The van der Waals surface area contributed by atoms with Crippen LogP contribution in [0.4, 0.5) is 0 Å². The normalized spacial score (nSPS) is 26.9. The van der Waals surface area contributed by atoms with Crippen molar-refractivity contribution in [3.8, 4) is 0 Å². The highest BCUT2D eigenvalue weighted by Gasteiger charge is 2.41. The van der Waals surface area contributed by atoms with Crippen LogP contribution in [0.3, 0.4) is 0 Å². The van der Waals surface area contributed by atoms with E-state index in [2.05, 4.69) is 18.7 Å². The molecule has 0 aromatic rings. The zero-order valence-electron chi connectivity index (χ0n) is 13.9. The molecule has 1 saturated heterocycles. The molecule has 4 nitrogen and oxygen atoms in total. The number of likely N-dealkylation sites (tertiary alicyclic amines) is 1. The van der Waals surface area contributed by atoms with Crippen molar-refractivity contribution < 1.29 is 9.47 Å². The molecule has 120 valence electrons. The van der Waals surface area contributed by atoms with Crippen molar-refractivity contribution in [2.24, 2.45) is 5.73 Å². The molecule has 0 spiro atoms. The molecule has 2 N–H and O–H groups in total. The number of hydrogen-bond donors (Lipinski definition) is 1. The molecule has 20 heavy (non-hydrogen) atoms. The lowest BCUT2D eigenvalue weighted by atomic mass is 9.92. The Morgan fingerprint density at radius 3 is 2.05 bits per heavy atom. The lowest BCUT2D eigenvalue weighted by Crippen LogP contribution is -2.51. The molecule has 1 heterocycles. The second-order valence-corrected chi connectivity index (χ2v) is 6.32. The van der Waals surface area contributed by atoms with Crippen LogP contribution in [0, 0.1) is 0 Å². The molecule has 0 aromatic heterocycles. The average molecular weight is 286 g/mol. The van der Waals surface area contributed by atoms with Gasteiger partial charge in [-0.05, 0) is 13.3 Å². The molecular formula is C16H34N2O2. The highest BCUT2D eigenvalue weighted by atomic mass is 16.5. The van der Waals surface area contributed by atoms with Gasteiger partial charge in [0.05, 0.1) is 12.2 Å². The number of ether oxygens (including phenoxy) is 2. The van der Waals surface area contributed by atoms with Crippen LogP contribution in [0.25, 0.3) is 0 Å². The van der Waals surface area contributed by atoms with Crippen molar-refractivity contribution >= 4 is 0 Å². The van der Waals surface area contributed by atoms with Gasteiger partial charge in [0.25, 0.3) is 0 Å². The zero-order chi connectivity index (χ0) is 15.0. The standard InChI is InChI=1S/C16H34N2O2/c1-5-6-7-8-9-10-16(2,13-17)18-11-14(19-3)15(12-18)20-4/h14-15H,5-13,17H2,1-4H3. The molecule has 0 saturated carbocycles. The summed E-state index contributed by atoms with van der Waals surface area (Å²) in [6, 6.07) is 0. The fourth-order valence-corrected chi connectivity index (χ4v) is 3.14. The van der Waals surface area contributed by atoms with Gasteiger partial charge < -0.3 is 15.2 Å². The lowest BCUT2D eigenvalue weighted by molar-refractivity contribution is -0.00461. The van der Waals surface area contributed by atoms with Crippen LogP contribution in [-0.2, 0) is 9.47 Å². The van der Waals surface area contributed by atoms with Crippen LogP contribution >= 0.6 is 0 Å². The summed E-state index contributed by atoms with van der Waals surface area (Å²) < 4.78 is 11.1. The first-order valence-electron chi connectivity index (χ1n) is 8.12. The molecule has 3 unspecified atom stereocenters. The topological polar surface area (TPSA) is 47.7 Å². The maximum Gasteiger partial charge on any atom is 0.0972 e. The summed E-state index contributed by atoms with van der Waals surface area (Å²) in [5.41, 5.74) is 6.16. The first-order valence-corrected chi connectivity index (χ1v) is 8.12. The summed E-state index contributed by atoms with van der Waals surface area (Å²) in [6.07, 6.45) is 8.08. The van der Waals surface area contributed by atoms with Gasteiger partial charge >= 0.3 is 0 Å². The van der Waals surface area contributed by atoms with Gasteiger partial charge in [0, 0.05) is 39.4 Å². The average Bonchev–Trinajstić information content (AvgIpc) is 2.90. The summed E-state index contributed by atoms with van der Waals surface area (Å²) in [5, 5.41) is 0. The van der Waals surface area contributed by atoms with E-state index in [1.165, 1.54) is 38.5 Å². The molecule has 1 aliphatic heterocycles. The predicted octanol–water partition coefficient (Wildman–Crippen LogP) is 2.41. The molecule has 3 atom stereocenters. The van der Waals surface area contributed by atoms with Crippen LogP contribution in [0.1, 0.15) is 52.4 Å². The molecule has 0 amide bonds. The number of unbranched alkanes of at least 4 members (excludes halogenated alkanes) is 4. The monoisotopic (exact) mass is 286 g/mol. The van der Waals surface area contributed by atoms with Gasteiger partial charge in [0.1, 0.15) is 0 Å². The largest absolute Gasteiger partial charge is 0.377 e. The van der Waals surface area contributed by atoms with Crippen LogP contribution in [0.2, 0.25) is 0 Å². The van der Waals surface area contributed by atoms with Crippen molar-refractivity contribution in [2.45, 2.75) is 70.1 Å². The summed E-state index contributed by atoms with van der Waals surface area (Å²) in [7, 11) is 3.54. The van der Waals surface area contributed by atoms with Crippen molar-refractivity contribution in [3.63, 3.8) is 0 Å². The Bertz CT molecular complexity index is 251. The fraction of sp³-hybridized carbons (Fsp3) is 1.00. The van der Waals surface area contributed by atoms with Crippen molar-refractivity contribution in [2.75, 3.05) is 33.9 Å². The smallest absolute Gasteiger partial charge is 0.0972 e. The van der Waals surface area contributed by atoms with Gasteiger partial charge in [-0.15, -0.1) is 0 Å². The highest BCUT2D eigenvalue weighted by Crippen LogP contribution is 2.28. The second kappa shape index (κ2) is 8.98. The number of methoxy groups -OCH3 is 2. The van der Waals surface area contributed by atoms with E-state index in [1.807, 2.05) is 0 Å². The van der Waals surface area contributed by atoms with Crippen LogP contribution in [0.5, 0.6) is 0 Å². The molecule has 0 radical (unpaired) electrons. The SMILES string of the molecule is CCCCCCCC(C)(CN)N1CC(OC)C(OC)C1. The Morgan fingerprint density at radius 2 is 1.60 bits per heavy atom. The molecule has 1 rings (SSSR count). The van der Waals surface area contributed by atoms with E-state index < -0.39 is 0 Å². The van der Waals surface area contributed by atoms with Crippen molar-refractivity contribution in [1.82, 2.24) is 4.90 Å². The van der Waals surface area contributed by atoms with E-state index in [1.54, 1.807) is 14.2 Å². The van der Waals surface area contributed by atoms with Gasteiger partial charge in [-0.2, -0.15) is 0 Å². The van der Waals surface area contributed by atoms with E-state index in [0.717, 1.165) is 13.1 Å². The quantitative estimate of drug-likeness (QED) is 0.627. The van der Waals surface area contributed by atoms with Crippen molar-refractivity contribution in [3.05, 3.63) is 0 Å². The second-order valence-electron chi connectivity index (χ2n) is 6.32. The molecule has 1 fully saturated rings. The van der Waals surface area contributed by atoms with E-state index in [0.29, 0.717) is 6.54 Å². The van der Waals surface area contributed by atoms with Gasteiger partial charge in [0.2, 0.25) is 0 Å². The van der Waals surface area contributed by atoms with Crippen LogP contribution in [0.15, 0.2) is 0 Å². The first kappa shape index (κ1) is 17.9. The molecule has 0 bridgehead atoms. The van der Waals surface area contributed by atoms with Gasteiger partial charge in [-0.3, -0.25) is 4.90 Å². The van der Waals surface area contributed by atoms with Crippen LogP contribution in [-0.4, -0.2) is 56.5 Å². The minimum absolute atomic E-state index is 0.0796. The Labute approximate surface area is 125 Å². The predicted molar refractivity (Wildman–Crippen MR) is 84.0 cm³/mol. The van der Waals surface area contributed by atoms with E-state index in [9.17, 15) is 0 Å². The summed E-state index contributed by atoms with van der Waals surface area (Å²) in [5.74, 6) is 0. The first-order chi connectivity index (χ1) is 9.61. The molecular weight excluding hydrogens is 252 g/mol. The van der Waals surface area contributed by atoms with Crippen LogP contribution < -0.4 is 5.73 Å². The lowest BCUT2D eigenvalue weighted by Gasteiger charge is -2.38. The minimum Gasteiger partial charge on any atom is -0.377 e. The molecule has 1 aliphatic rings. The Hall–Kier alpha value is -0.160. The Morgan fingerprint density at radius 1 is 1.05 bits per heavy atom. The van der Waals surface area contributed by atoms with E-state index in [-0.39, 0.29) is 17.7 Å².